The highest BCUT2D eigenvalue weighted by molar-refractivity contribution is 5.97. The molecule has 4 aromatic rings. The maximum Gasteiger partial charge on any atom is 0.248 e. The largest absolute Gasteiger partial charge is 0.379 e. The summed E-state index contributed by atoms with van der Waals surface area (Å²) < 4.78 is 53.3. The van der Waals surface area contributed by atoms with Crippen LogP contribution < -0.4 is 21.3 Å². The zero-order valence-electron chi connectivity index (χ0n) is 38.4. The van der Waals surface area contributed by atoms with Gasteiger partial charge < -0.3 is 60.0 Å². The Morgan fingerprint density at radius 2 is 1.03 bits per heavy atom. The van der Waals surface area contributed by atoms with Gasteiger partial charge in [-0.15, -0.1) is 0 Å². The number of likely N-dealkylation sites (tertiary alicyclic amines) is 2. The molecule has 2 saturated heterocycles. The summed E-state index contributed by atoms with van der Waals surface area (Å²) in [6.07, 6.45) is -0.589. The SMILES string of the molecule is CN[C@@H](C)C(=O)N[C@H](C(=O)N1CC[C@@H](OC)[C@H]1Cc1c(-c2[nH]c3cc(F)ccc3c2C[C@H]2[C@H](OC)CCN2C(=O)[C@@H](NC(=O)[C@H](C)NC)[C@@H](C)OC)[nH]c2cc(F)ccc12)[C@@H](C)OC. The number of carbonyl (C=O) groups is 4. The predicted molar refractivity (Wildman–Crippen MR) is 239 cm³/mol. The molecule has 0 spiro atoms. The lowest BCUT2D eigenvalue weighted by Gasteiger charge is -2.34. The number of ether oxygens (including phenoxy) is 4. The Morgan fingerprint density at radius 3 is 1.36 bits per heavy atom. The van der Waals surface area contributed by atoms with E-state index in [1.165, 1.54) is 38.5 Å². The molecule has 0 radical (unpaired) electrons. The number of halogens is 2. The Kier molecular flexibility index (Phi) is 15.8. The third-order valence-corrected chi connectivity index (χ3v) is 13.4. The Labute approximate surface area is 372 Å². The topological polar surface area (TPSA) is 191 Å². The Balaban J connectivity index is 1.46. The Bertz CT molecular complexity index is 2150. The second-order valence-corrected chi connectivity index (χ2v) is 16.9. The van der Waals surface area contributed by atoms with Crippen LogP contribution in [0.25, 0.3) is 33.2 Å². The van der Waals surface area contributed by atoms with Gasteiger partial charge in [0, 0.05) is 63.3 Å². The molecule has 10 atom stereocenters. The standard InChI is InChI=1S/C46H64F2N8O8/c1-23(49-5)43(57)53-39(25(3)61-7)45(59)55-17-15-37(63-9)35(55)21-31-29-13-11-27(47)19-33(29)51-41(31)42-32(30-14-12-28(48)20-34(30)52-42)22-36-38(64-10)16-18-56(36)46(60)40(26(4)62-8)54-44(58)24(2)50-6/h11-14,19-20,23-26,35-40,49-52H,15-18,21-22H2,1-10H3,(H,53,57)(H,54,58)/t23-,24-,25+,26+,35-,36+,37+,38+,39-,40-/m0/s1. The lowest BCUT2D eigenvalue weighted by molar-refractivity contribution is -0.142. The van der Waals surface area contributed by atoms with E-state index < -0.39 is 72.3 Å². The molecule has 6 N–H and O–H groups in total. The van der Waals surface area contributed by atoms with Crippen LogP contribution in [0.1, 0.15) is 51.7 Å². The molecule has 0 saturated carbocycles. The summed E-state index contributed by atoms with van der Waals surface area (Å²) in [4.78, 5) is 65.8. The summed E-state index contributed by atoms with van der Waals surface area (Å²) in [7, 11) is 9.48. The van der Waals surface area contributed by atoms with E-state index in [0.29, 0.717) is 59.1 Å². The summed E-state index contributed by atoms with van der Waals surface area (Å²) in [5.74, 6) is -2.30. The number of amides is 4. The zero-order chi connectivity index (χ0) is 46.6. The van der Waals surface area contributed by atoms with Gasteiger partial charge in [-0.3, -0.25) is 19.2 Å². The van der Waals surface area contributed by atoms with Gasteiger partial charge in [-0.1, -0.05) is 0 Å². The number of H-pyrrole nitrogens is 2. The quantitative estimate of drug-likeness (QED) is 0.0816. The van der Waals surface area contributed by atoms with Crippen LogP contribution in [0.5, 0.6) is 0 Å². The van der Waals surface area contributed by atoms with Crippen molar-refractivity contribution in [3.8, 4) is 11.4 Å². The van der Waals surface area contributed by atoms with Gasteiger partial charge in [0.15, 0.2) is 0 Å². The molecule has 2 aliphatic rings. The van der Waals surface area contributed by atoms with E-state index >= 15 is 8.78 Å². The minimum Gasteiger partial charge on any atom is -0.379 e. The first-order valence-corrected chi connectivity index (χ1v) is 21.9. The number of methoxy groups -OCH3 is 4. The minimum atomic E-state index is -1.00. The van der Waals surface area contributed by atoms with Crippen LogP contribution in [0.2, 0.25) is 0 Å². The lowest BCUT2D eigenvalue weighted by Crippen LogP contribution is -2.58. The fourth-order valence-electron chi connectivity index (χ4n) is 9.16. The van der Waals surface area contributed by atoms with Crippen molar-refractivity contribution in [2.45, 2.75) is 114 Å². The number of rotatable bonds is 19. The molecule has 18 heteroatoms. The summed E-state index contributed by atoms with van der Waals surface area (Å²) in [6.45, 7) is 7.54. The highest BCUT2D eigenvalue weighted by atomic mass is 19.1. The first-order valence-electron chi connectivity index (χ1n) is 21.9. The van der Waals surface area contributed by atoms with Crippen LogP contribution >= 0.6 is 0 Å². The third-order valence-electron chi connectivity index (χ3n) is 13.4. The molecule has 4 amide bonds. The second kappa shape index (κ2) is 20.9. The molecule has 2 aromatic heterocycles. The van der Waals surface area contributed by atoms with E-state index in [-0.39, 0.29) is 36.5 Å². The van der Waals surface area contributed by atoms with Crippen LogP contribution in [-0.4, -0.2) is 160 Å². The van der Waals surface area contributed by atoms with Gasteiger partial charge in [0.25, 0.3) is 0 Å². The van der Waals surface area contributed by atoms with E-state index in [0.717, 1.165) is 11.1 Å². The van der Waals surface area contributed by atoms with Gasteiger partial charge in [-0.25, -0.2) is 8.78 Å². The molecule has 16 nitrogen and oxygen atoms in total. The normalized spacial score (nSPS) is 21.8. The van der Waals surface area contributed by atoms with Crippen LogP contribution in [0.15, 0.2) is 36.4 Å². The number of likely N-dealkylation sites (N-methyl/N-ethyl adjacent to an activating group) is 2. The average Bonchev–Trinajstić information content (AvgIpc) is 4.08. The fourth-order valence-corrected chi connectivity index (χ4v) is 9.16. The van der Waals surface area contributed by atoms with E-state index in [2.05, 4.69) is 31.2 Å². The average molecular weight is 895 g/mol. The number of fused-ring (bicyclic) bond motifs is 2. The zero-order valence-corrected chi connectivity index (χ0v) is 38.4. The second-order valence-electron chi connectivity index (χ2n) is 16.9. The highest BCUT2D eigenvalue weighted by Crippen LogP contribution is 2.40. The number of hydrogen-bond donors (Lipinski definition) is 6. The van der Waals surface area contributed by atoms with Crippen molar-refractivity contribution < 1.29 is 46.9 Å². The van der Waals surface area contributed by atoms with Gasteiger partial charge in [0.2, 0.25) is 23.6 Å². The molecule has 2 aliphatic heterocycles. The Morgan fingerprint density at radius 1 is 0.656 bits per heavy atom. The van der Waals surface area contributed by atoms with E-state index in [1.807, 2.05) is 0 Å². The number of hydrogen-bond acceptors (Lipinski definition) is 10. The van der Waals surface area contributed by atoms with Crippen molar-refractivity contribution in [3.63, 3.8) is 0 Å². The van der Waals surface area contributed by atoms with Gasteiger partial charge in [-0.2, -0.15) is 0 Å². The molecule has 350 valence electrons. The molecule has 6 rings (SSSR count). The number of aromatic amines is 2. The van der Waals surface area contributed by atoms with Crippen molar-refractivity contribution in [1.82, 2.24) is 41.0 Å². The van der Waals surface area contributed by atoms with E-state index in [9.17, 15) is 19.2 Å². The summed E-state index contributed by atoms with van der Waals surface area (Å²) in [5.41, 5.74) is 3.67. The van der Waals surface area contributed by atoms with Crippen LogP contribution in [-0.2, 0) is 51.0 Å². The lowest BCUT2D eigenvalue weighted by atomic mass is 9.93. The van der Waals surface area contributed by atoms with Crippen LogP contribution in [0.3, 0.4) is 0 Å². The van der Waals surface area contributed by atoms with Crippen molar-refractivity contribution in [2.75, 3.05) is 55.6 Å². The van der Waals surface area contributed by atoms with Crippen LogP contribution in [0, 0.1) is 11.6 Å². The smallest absolute Gasteiger partial charge is 0.248 e. The number of nitrogens with one attached hydrogen (secondary N) is 6. The van der Waals surface area contributed by atoms with Crippen LogP contribution in [0.4, 0.5) is 8.78 Å². The van der Waals surface area contributed by atoms with Gasteiger partial charge >= 0.3 is 0 Å². The first-order chi connectivity index (χ1) is 30.6. The molecule has 0 bridgehead atoms. The number of nitrogens with zero attached hydrogens (tertiary/aromatic N) is 2. The minimum absolute atomic E-state index is 0.249. The molecule has 0 aliphatic carbocycles. The number of benzene rings is 2. The summed E-state index contributed by atoms with van der Waals surface area (Å²) in [5, 5.41) is 13.0. The maximum absolute atomic E-state index is 15.0. The van der Waals surface area contributed by atoms with Crippen molar-refractivity contribution in [1.29, 1.82) is 0 Å². The van der Waals surface area contributed by atoms with Gasteiger partial charge in [0.05, 0.1) is 60.0 Å². The van der Waals surface area contributed by atoms with Crippen molar-refractivity contribution >= 4 is 45.4 Å². The monoisotopic (exact) mass is 894 g/mol. The predicted octanol–water partition coefficient (Wildman–Crippen LogP) is 3.17. The highest BCUT2D eigenvalue weighted by Gasteiger charge is 2.45. The summed E-state index contributed by atoms with van der Waals surface area (Å²) >= 11 is 0. The maximum atomic E-state index is 15.0. The third kappa shape index (κ3) is 9.82. The first kappa shape index (κ1) is 48.5. The summed E-state index contributed by atoms with van der Waals surface area (Å²) in [6, 6.07) is 4.76. The van der Waals surface area contributed by atoms with Gasteiger partial charge in [0.1, 0.15) is 23.7 Å². The van der Waals surface area contributed by atoms with E-state index in [1.54, 1.807) is 77.9 Å². The molecule has 64 heavy (non-hydrogen) atoms. The number of carbonyl (C=O) groups excluding carboxylic acids is 4. The fraction of sp³-hybridized carbons (Fsp3) is 0.565. The molecule has 0 unspecified atom stereocenters. The van der Waals surface area contributed by atoms with Crippen molar-refractivity contribution in [3.05, 3.63) is 59.2 Å². The number of aromatic nitrogens is 2. The molecular formula is C46H64F2N8O8. The molecule has 2 aromatic carbocycles. The molecule has 4 heterocycles. The molecule has 2 fully saturated rings. The van der Waals surface area contributed by atoms with Gasteiger partial charge in [-0.05, 0) is 115 Å². The van der Waals surface area contributed by atoms with E-state index in [4.69, 9.17) is 18.9 Å². The van der Waals surface area contributed by atoms with Crippen molar-refractivity contribution in [2.24, 2.45) is 0 Å². The Hall–Kier alpha value is -4.98. The molecular weight excluding hydrogens is 831 g/mol.